The third-order valence-corrected chi connectivity index (χ3v) is 3.83. The summed E-state index contributed by atoms with van der Waals surface area (Å²) in [7, 11) is 1.54. The van der Waals surface area contributed by atoms with E-state index in [0.29, 0.717) is 5.69 Å². The maximum atomic E-state index is 12.9. The van der Waals surface area contributed by atoms with Gasteiger partial charge in [0.05, 0.1) is 21.7 Å². The molecule has 7 nitrogen and oxygen atoms in total. The molecule has 0 saturated heterocycles. The lowest BCUT2D eigenvalue weighted by Gasteiger charge is -2.24. The largest absolute Gasteiger partial charge is 0.490 e. The van der Waals surface area contributed by atoms with Gasteiger partial charge >= 0.3 is 6.18 Å². The van der Waals surface area contributed by atoms with E-state index in [1.54, 1.807) is 0 Å². The summed E-state index contributed by atoms with van der Waals surface area (Å²) in [4.78, 5) is 11.6. The highest BCUT2D eigenvalue weighted by Crippen LogP contribution is 2.36. The highest BCUT2D eigenvalue weighted by Gasteiger charge is 2.34. The van der Waals surface area contributed by atoms with E-state index in [0.717, 1.165) is 18.2 Å². The average molecular weight is 395 g/mol. The number of benzene rings is 2. The van der Waals surface area contributed by atoms with Crippen LogP contribution in [-0.2, 0) is 6.18 Å². The number of halogens is 3. The van der Waals surface area contributed by atoms with Crippen LogP contribution < -0.4 is 9.64 Å². The highest BCUT2D eigenvalue weighted by atomic mass is 19.4. The maximum absolute atomic E-state index is 12.9. The molecule has 0 radical (unpaired) electrons. The van der Waals surface area contributed by atoms with Crippen molar-refractivity contribution in [2.75, 3.05) is 25.1 Å². The van der Waals surface area contributed by atoms with Gasteiger partial charge in [-0.25, -0.2) is 0 Å². The van der Waals surface area contributed by atoms with Crippen molar-refractivity contribution in [3.63, 3.8) is 0 Å². The minimum absolute atomic E-state index is 0.0345. The Kier molecular flexibility index (Phi) is 6.43. The molecule has 0 aliphatic carbocycles. The normalized spacial score (nSPS) is 12.1. The molecular weight excluding hydrogens is 379 g/mol. The first kappa shape index (κ1) is 21.0. The fourth-order valence-electron chi connectivity index (χ4n) is 2.54. The minimum atomic E-state index is -4.58. The van der Waals surface area contributed by atoms with E-state index in [-0.39, 0.29) is 17.8 Å². The van der Waals surface area contributed by atoms with Crippen LogP contribution in [0.2, 0.25) is 0 Å². The number of hydrogen-bond acceptors (Lipinski definition) is 6. The fraction of sp³-hybridized carbons (Fsp3) is 0.278. The number of hydrogen-bond donors (Lipinski definition) is 1. The van der Waals surface area contributed by atoms with Gasteiger partial charge in [-0.1, -0.05) is 12.1 Å². The van der Waals surface area contributed by atoms with Gasteiger partial charge in [0.1, 0.15) is 24.5 Å². The van der Waals surface area contributed by atoms with Gasteiger partial charge in [0, 0.05) is 25.7 Å². The van der Waals surface area contributed by atoms with E-state index in [9.17, 15) is 33.7 Å². The van der Waals surface area contributed by atoms with Gasteiger partial charge in [-0.2, -0.15) is 18.4 Å². The molecule has 2 rings (SSSR count). The lowest BCUT2D eigenvalue weighted by Crippen LogP contribution is -2.33. The predicted molar refractivity (Wildman–Crippen MR) is 94.0 cm³/mol. The van der Waals surface area contributed by atoms with Crippen molar-refractivity contribution in [2.45, 2.75) is 12.3 Å². The smallest absolute Gasteiger partial charge is 0.419 e. The molecule has 2 aromatic carbocycles. The van der Waals surface area contributed by atoms with Gasteiger partial charge in [0.15, 0.2) is 0 Å². The summed E-state index contributed by atoms with van der Waals surface area (Å²) in [6.07, 6.45) is -5.76. The first-order valence-electron chi connectivity index (χ1n) is 8.00. The molecule has 1 unspecified atom stereocenters. The number of anilines is 1. The van der Waals surface area contributed by atoms with E-state index in [4.69, 9.17) is 4.74 Å². The molecule has 28 heavy (non-hydrogen) atoms. The number of ether oxygens (including phenoxy) is 1. The Bertz CT molecular complexity index is 896. The fourth-order valence-corrected chi connectivity index (χ4v) is 2.54. The topological polar surface area (TPSA) is 99.6 Å². The highest BCUT2D eigenvalue weighted by molar-refractivity contribution is 5.62. The number of alkyl halides is 3. The van der Waals surface area contributed by atoms with Gasteiger partial charge < -0.3 is 14.7 Å². The Labute approximate surface area is 158 Å². The predicted octanol–water partition coefficient (Wildman–Crippen LogP) is 3.36. The lowest BCUT2D eigenvalue weighted by atomic mass is 10.1. The zero-order valence-corrected chi connectivity index (χ0v) is 14.7. The van der Waals surface area contributed by atoms with Gasteiger partial charge in [-0.3, -0.25) is 10.1 Å². The van der Waals surface area contributed by atoms with Crippen LogP contribution in [0.3, 0.4) is 0 Å². The molecular formula is C18H16F3N3O4. The second kappa shape index (κ2) is 8.58. The summed E-state index contributed by atoms with van der Waals surface area (Å²) in [6, 6.07) is 10.2. The van der Waals surface area contributed by atoms with E-state index in [2.05, 4.69) is 0 Å². The number of rotatable bonds is 7. The molecule has 0 amide bonds. The zero-order chi connectivity index (χ0) is 20.9. The van der Waals surface area contributed by atoms with Crippen LogP contribution in [0.25, 0.3) is 0 Å². The maximum Gasteiger partial charge on any atom is 0.419 e. The first-order valence-corrected chi connectivity index (χ1v) is 8.00. The molecule has 0 aliphatic heterocycles. The van der Waals surface area contributed by atoms with Gasteiger partial charge in [0.25, 0.3) is 5.69 Å². The molecule has 0 fully saturated rings. The van der Waals surface area contributed by atoms with Crippen molar-refractivity contribution < 1.29 is 27.9 Å². The third kappa shape index (κ3) is 5.11. The zero-order valence-electron chi connectivity index (χ0n) is 14.7. The average Bonchev–Trinajstić information content (AvgIpc) is 2.65. The van der Waals surface area contributed by atoms with Crippen LogP contribution in [0.4, 0.5) is 24.5 Å². The Morgan fingerprint density at radius 1 is 1.32 bits per heavy atom. The van der Waals surface area contributed by atoms with Crippen molar-refractivity contribution in [2.24, 2.45) is 0 Å². The monoisotopic (exact) mass is 395 g/mol. The van der Waals surface area contributed by atoms with Crippen LogP contribution in [0.1, 0.15) is 11.1 Å². The Hall–Kier alpha value is -3.32. The Balaban J connectivity index is 2.05. The molecule has 1 atom stereocenters. The molecule has 0 spiro atoms. The van der Waals surface area contributed by atoms with Crippen LogP contribution in [0, 0.1) is 21.4 Å². The third-order valence-electron chi connectivity index (χ3n) is 3.83. The summed E-state index contributed by atoms with van der Waals surface area (Å²) in [5.41, 5.74) is -0.825. The number of nitro groups is 1. The van der Waals surface area contributed by atoms with Crippen LogP contribution in [-0.4, -0.2) is 36.3 Å². The number of nitro benzene ring substituents is 1. The van der Waals surface area contributed by atoms with E-state index < -0.39 is 35.1 Å². The second-order valence-electron chi connectivity index (χ2n) is 5.91. The number of likely N-dealkylation sites (N-methyl/N-ethyl adjacent to an activating group) is 1. The molecule has 0 saturated carbocycles. The van der Waals surface area contributed by atoms with Crippen LogP contribution in [0.15, 0.2) is 42.5 Å². The number of aliphatic hydroxyl groups excluding tert-OH is 1. The molecule has 0 heterocycles. The molecule has 2 aromatic rings. The molecule has 10 heteroatoms. The molecule has 0 aliphatic rings. The SMILES string of the molecule is CN(CC(O)COc1ccccc1C(F)(F)F)c1ccc([N+](=O)[O-])cc1C#N. The molecule has 148 valence electrons. The lowest BCUT2D eigenvalue weighted by molar-refractivity contribution is -0.384. The number of aliphatic hydroxyl groups is 1. The van der Waals surface area contributed by atoms with Gasteiger partial charge in [-0.15, -0.1) is 0 Å². The second-order valence-corrected chi connectivity index (χ2v) is 5.91. The summed E-state index contributed by atoms with van der Waals surface area (Å²) in [6.45, 7) is -0.479. The molecule has 0 bridgehead atoms. The quantitative estimate of drug-likeness (QED) is 0.570. The summed E-state index contributed by atoms with van der Waals surface area (Å²) >= 11 is 0. The Morgan fingerprint density at radius 3 is 2.61 bits per heavy atom. The molecule has 0 aromatic heterocycles. The summed E-state index contributed by atoms with van der Waals surface area (Å²) in [5, 5.41) is 30.1. The van der Waals surface area contributed by atoms with E-state index in [1.807, 2.05) is 6.07 Å². The van der Waals surface area contributed by atoms with Crippen LogP contribution in [0.5, 0.6) is 5.75 Å². The number of para-hydroxylation sites is 1. The van der Waals surface area contributed by atoms with Crippen molar-refractivity contribution in [1.82, 2.24) is 0 Å². The molecule has 1 N–H and O–H groups in total. The minimum Gasteiger partial charge on any atom is -0.490 e. The number of non-ortho nitro benzene ring substituents is 1. The summed E-state index contributed by atoms with van der Waals surface area (Å²) < 4.78 is 44.0. The van der Waals surface area contributed by atoms with Crippen molar-refractivity contribution in [1.29, 1.82) is 5.26 Å². The van der Waals surface area contributed by atoms with Gasteiger partial charge in [0.2, 0.25) is 0 Å². The van der Waals surface area contributed by atoms with E-state index >= 15 is 0 Å². The Morgan fingerprint density at radius 2 is 2.00 bits per heavy atom. The van der Waals surface area contributed by atoms with Crippen LogP contribution >= 0.6 is 0 Å². The summed E-state index contributed by atoms with van der Waals surface area (Å²) in [5.74, 6) is -0.398. The van der Waals surface area contributed by atoms with Crippen molar-refractivity contribution in [3.8, 4) is 11.8 Å². The standard InChI is InChI=1S/C18H16F3N3O4/c1-23(16-7-6-13(24(26)27)8-12(16)9-22)10-14(25)11-28-17-5-3-2-4-15(17)18(19,20)21/h2-8,14,25H,10-11H2,1H3. The van der Waals surface area contributed by atoms with Crippen molar-refractivity contribution in [3.05, 3.63) is 63.7 Å². The number of nitrogens with zero attached hydrogens (tertiary/aromatic N) is 3. The first-order chi connectivity index (χ1) is 13.1. The van der Waals surface area contributed by atoms with Crippen molar-refractivity contribution >= 4 is 11.4 Å². The van der Waals surface area contributed by atoms with Gasteiger partial charge in [-0.05, 0) is 18.2 Å². The number of nitriles is 1. The van der Waals surface area contributed by atoms with E-state index in [1.165, 1.54) is 36.2 Å².